The van der Waals surface area contributed by atoms with Gasteiger partial charge in [0, 0.05) is 5.56 Å². The summed E-state index contributed by atoms with van der Waals surface area (Å²) in [4.78, 5) is 27.8. The minimum atomic E-state index is -0.729. The van der Waals surface area contributed by atoms with Gasteiger partial charge < -0.3 is 9.72 Å². The Morgan fingerprint density at radius 1 is 1.16 bits per heavy atom. The van der Waals surface area contributed by atoms with E-state index in [-0.39, 0.29) is 16.8 Å². The van der Waals surface area contributed by atoms with Gasteiger partial charge in [-0.05, 0) is 31.2 Å². The van der Waals surface area contributed by atoms with Gasteiger partial charge in [-0.1, -0.05) is 35.6 Å². The van der Waals surface area contributed by atoms with Crippen LogP contribution in [0.3, 0.4) is 0 Å². The molecule has 1 atom stereocenters. The molecule has 8 nitrogen and oxygen atoms in total. The monoisotopic (exact) mass is 435 g/mol. The number of aromatic nitrogens is 5. The van der Waals surface area contributed by atoms with Gasteiger partial charge in [0.2, 0.25) is 0 Å². The lowest BCUT2D eigenvalue weighted by Gasteiger charge is -2.09. The highest BCUT2D eigenvalue weighted by Crippen LogP contribution is 2.30. The van der Waals surface area contributed by atoms with E-state index in [1.165, 1.54) is 16.8 Å². The SMILES string of the molecule is CC(OC(=O)c1cnn2c1[nH]c(=O)c1ccccc12)c1nnc(-c2ccccc2F)s1. The lowest BCUT2D eigenvalue weighted by molar-refractivity contribution is 0.0338. The first-order chi connectivity index (χ1) is 15.0. The van der Waals surface area contributed by atoms with Crippen LogP contribution in [0.2, 0.25) is 0 Å². The summed E-state index contributed by atoms with van der Waals surface area (Å²) < 4.78 is 21.0. The third-order valence-electron chi connectivity index (χ3n) is 4.77. The number of fused-ring (bicyclic) bond motifs is 3. The molecule has 5 aromatic rings. The number of halogens is 1. The average molecular weight is 435 g/mol. The fourth-order valence-corrected chi connectivity index (χ4v) is 4.09. The van der Waals surface area contributed by atoms with Crippen LogP contribution in [-0.4, -0.2) is 30.8 Å². The first-order valence-corrected chi connectivity index (χ1v) is 10.1. The molecule has 0 radical (unpaired) electrons. The summed E-state index contributed by atoms with van der Waals surface area (Å²) in [5.74, 6) is -1.08. The van der Waals surface area contributed by atoms with Crippen molar-refractivity contribution in [3.8, 4) is 10.6 Å². The topological polar surface area (TPSA) is 102 Å². The predicted octanol–water partition coefficient (Wildman–Crippen LogP) is 3.75. The molecule has 0 fully saturated rings. The first kappa shape index (κ1) is 19.1. The summed E-state index contributed by atoms with van der Waals surface area (Å²) >= 11 is 1.14. The van der Waals surface area contributed by atoms with Crippen molar-refractivity contribution in [3.05, 3.63) is 81.5 Å². The van der Waals surface area contributed by atoms with Gasteiger partial charge in [-0.25, -0.2) is 13.7 Å². The second kappa shape index (κ2) is 7.40. The van der Waals surface area contributed by atoms with E-state index in [1.807, 2.05) is 0 Å². The lowest BCUT2D eigenvalue weighted by atomic mass is 10.2. The van der Waals surface area contributed by atoms with Crippen molar-refractivity contribution in [2.45, 2.75) is 13.0 Å². The molecule has 31 heavy (non-hydrogen) atoms. The van der Waals surface area contributed by atoms with Gasteiger partial charge in [0.05, 0.1) is 17.1 Å². The van der Waals surface area contributed by atoms with Crippen LogP contribution in [0.15, 0.2) is 59.5 Å². The molecule has 10 heteroatoms. The number of carbonyl (C=O) groups excluding carboxylic acids is 1. The molecule has 0 aliphatic carbocycles. The van der Waals surface area contributed by atoms with Crippen molar-refractivity contribution in [1.82, 2.24) is 24.8 Å². The first-order valence-electron chi connectivity index (χ1n) is 9.31. The standard InChI is InChI=1S/C21H14FN5O3S/c1-11(19-25-26-20(31-19)12-6-2-4-8-15(12)22)30-21(29)14-10-23-27-16-9-5-3-7-13(16)18(28)24-17(14)27/h2-11H,1H3,(H,24,28). The molecule has 0 saturated heterocycles. The molecule has 0 aliphatic rings. The lowest BCUT2D eigenvalue weighted by Crippen LogP contribution is -2.13. The van der Waals surface area contributed by atoms with Gasteiger partial charge in [-0.3, -0.25) is 4.79 Å². The molecule has 0 spiro atoms. The summed E-state index contributed by atoms with van der Waals surface area (Å²) in [6, 6.07) is 13.2. The molecule has 3 aromatic heterocycles. The van der Waals surface area contributed by atoms with Crippen LogP contribution >= 0.6 is 11.3 Å². The van der Waals surface area contributed by atoms with Gasteiger partial charge in [-0.2, -0.15) is 5.10 Å². The van der Waals surface area contributed by atoms with Crippen molar-refractivity contribution >= 4 is 33.9 Å². The van der Waals surface area contributed by atoms with E-state index in [9.17, 15) is 14.0 Å². The Morgan fingerprint density at radius 2 is 1.94 bits per heavy atom. The molecular formula is C21H14FN5O3S. The number of hydrogen-bond donors (Lipinski definition) is 1. The van der Waals surface area contributed by atoms with Gasteiger partial charge in [0.15, 0.2) is 21.8 Å². The van der Waals surface area contributed by atoms with E-state index < -0.39 is 17.9 Å². The minimum absolute atomic E-state index is 0.119. The van der Waals surface area contributed by atoms with Crippen LogP contribution in [0.25, 0.3) is 27.1 Å². The van der Waals surface area contributed by atoms with Crippen molar-refractivity contribution < 1.29 is 13.9 Å². The van der Waals surface area contributed by atoms with Crippen LogP contribution in [0.1, 0.15) is 28.4 Å². The van der Waals surface area contributed by atoms with E-state index in [0.717, 1.165) is 11.3 Å². The Morgan fingerprint density at radius 3 is 2.77 bits per heavy atom. The highest BCUT2D eigenvalue weighted by molar-refractivity contribution is 7.14. The summed E-state index contributed by atoms with van der Waals surface area (Å²) in [6.07, 6.45) is 0.616. The molecule has 154 valence electrons. The Hall–Kier alpha value is -3.92. The Labute approximate surface area is 177 Å². The number of nitrogens with one attached hydrogen (secondary N) is 1. The van der Waals surface area contributed by atoms with Gasteiger partial charge >= 0.3 is 5.97 Å². The third kappa shape index (κ3) is 3.26. The number of para-hydroxylation sites is 1. The van der Waals surface area contributed by atoms with Crippen LogP contribution < -0.4 is 5.56 Å². The van der Waals surface area contributed by atoms with Crippen molar-refractivity contribution in [2.24, 2.45) is 0 Å². The summed E-state index contributed by atoms with van der Waals surface area (Å²) in [7, 11) is 0. The number of ether oxygens (including phenoxy) is 1. The van der Waals surface area contributed by atoms with Crippen LogP contribution in [0.4, 0.5) is 4.39 Å². The van der Waals surface area contributed by atoms with Gasteiger partial charge in [0.1, 0.15) is 11.4 Å². The van der Waals surface area contributed by atoms with Crippen molar-refractivity contribution in [3.63, 3.8) is 0 Å². The maximum atomic E-state index is 14.0. The van der Waals surface area contributed by atoms with Gasteiger partial charge in [-0.15, -0.1) is 10.2 Å². The van der Waals surface area contributed by atoms with E-state index in [1.54, 1.807) is 49.4 Å². The second-order valence-corrected chi connectivity index (χ2v) is 7.77. The highest BCUT2D eigenvalue weighted by atomic mass is 32.1. The van der Waals surface area contributed by atoms with Crippen molar-refractivity contribution in [1.29, 1.82) is 0 Å². The zero-order chi connectivity index (χ0) is 21.5. The Balaban J connectivity index is 1.44. The smallest absolute Gasteiger partial charge is 0.344 e. The number of carbonyl (C=O) groups is 1. The fraction of sp³-hybridized carbons (Fsp3) is 0.0952. The molecule has 5 rings (SSSR count). The molecule has 0 amide bonds. The quantitative estimate of drug-likeness (QED) is 0.432. The largest absolute Gasteiger partial charge is 0.451 e. The maximum absolute atomic E-state index is 14.0. The number of H-pyrrole nitrogens is 1. The number of rotatable bonds is 4. The molecule has 1 unspecified atom stereocenters. The van der Waals surface area contributed by atoms with Crippen LogP contribution in [0.5, 0.6) is 0 Å². The molecule has 0 bridgehead atoms. The zero-order valence-corrected chi connectivity index (χ0v) is 16.9. The van der Waals surface area contributed by atoms with Crippen LogP contribution in [-0.2, 0) is 4.74 Å². The zero-order valence-electron chi connectivity index (χ0n) is 16.1. The second-order valence-electron chi connectivity index (χ2n) is 6.76. The average Bonchev–Trinajstić information content (AvgIpc) is 3.42. The summed E-state index contributed by atoms with van der Waals surface area (Å²) in [5.41, 5.74) is 0.937. The van der Waals surface area contributed by atoms with E-state index in [4.69, 9.17) is 4.74 Å². The Kier molecular flexibility index (Phi) is 4.55. The highest BCUT2D eigenvalue weighted by Gasteiger charge is 2.23. The van der Waals surface area contributed by atoms with E-state index in [2.05, 4.69) is 20.3 Å². The van der Waals surface area contributed by atoms with Gasteiger partial charge in [0.25, 0.3) is 5.56 Å². The number of hydrogen-bond acceptors (Lipinski definition) is 7. The molecular weight excluding hydrogens is 421 g/mol. The molecule has 1 N–H and O–H groups in total. The molecule has 0 aliphatic heterocycles. The molecule has 0 saturated carbocycles. The number of benzene rings is 2. The predicted molar refractivity (Wildman–Crippen MR) is 112 cm³/mol. The van der Waals surface area contributed by atoms with Crippen LogP contribution in [0, 0.1) is 5.82 Å². The van der Waals surface area contributed by atoms with E-state index >= 15 is 0 Å². The number of aromatic amines is 1. The number of esters is 1. The van der Waals surface area contributed by atoms with E-state index in [0.29, 0.717) is 26.5 Å². The molecule has 2 aromatic carbocycles. The third-order valence-corrected chi connectivity index (χ3v) is 5.89. The minimum Gasteiger partial charge on any atom is -0.451 e. The van der Waals surface area contributed by atoms with Crippen molar-refractivity contribution in [2.75, 3.05) is 0 Å². The Bertz CT molecular complexity index is 1510. The fourth-order valence-electron chi connectivity index (χ4n) is 3.24. The normalized spacial score (nSPS) is 12.3. The number of nitrogens with zero attached hydrogens (tertiary/aromatic N) is 4. The molecule has 3 heterocycles. The summed E-state index contributed by atoms with van der Waals surface area (Å²) in [5, 5.41) is 13.5. The maximum Gasteiger partial charge on any atom is 0.344 e. The summed E-state index contributed by atoms with van der Waals surface area (Å²) in [6.45, 7) is 1.65.